The second-order valence-electron chi connectivity index (χ2n) is 2.51. The van der Waals surface area contributed by atoms with E-state index in [1.54, 1.807) is 0 Å². The quantitative estimate of drug-likeness (QED) is 0.431. The molecule has 4 heteroatoms. The molecule has 0 unspecified atom stereocenters. The first-order chi connectivity index (χ1) is 5.83. The molecule has 0 N–H and O–H groups in total. The zero-order valence-electron chi connectivity index (χ0n) is 6.56. The maximum Gasteiger partial charge on any atom is 0.420 e. The van der Waals surface area contributed by atoms with E-state index in [9.17, 15) is 0 Å². The molecule has 1 heterocycles. The molecule has 0 fully saturated rings. The summed E-state index contributed by atoms with van der Waals surface area (Å²) >= 11 is 1.47. The lowest BCUT2D eigenvalue weighted by atomic mass is 10.3. The number of aryl methyl sites for hydroxylation is 1. The maximum atomic E-state index is 8.63. The third kappa shape index (κ3) is 0.897. The van der Waals surface area contributed by atoms with E-state index >= 15 is 0 Å². The molecule has 0 aliphatic carbocycles. The highest BCUT2D eigenvalue weighted by Crippen LogP contribution is 2.14. The number of para-hydroxylation sites is 1. The highest BCUT2D eigenvalue weighted by Gasteiger charge is 2.06. The van der Waals surface area contributed by atoms with Crippen LogP contribution in [0.1, 0.15) is 0 Å². The van der Waals surface area contributed by atoms with Crippen molar-refractivity contribution in [1.82, 2.24) is 4.57 Å². The van der Waals surface area contributed by atoms with Crippen LogP contribution in [0.4, 0.5) is 0 Å². The number of fused-ring (bicyclic) bond motifs is 1. The fraction of sp³-hybridized carbons (Fsp3) is 0.125. The van der Waals surface area contributed by atoms with Gasteiger partial charge in [-0.25, -0.2) is 4.57 Å². The number of nitrogens with zero attached hydrogens (tertiary/aromatic N) is 3. The standard InChI is InChI=1S/C8H7N3S/c1-11-6-4-2-3-5-7(6)12-8(11)10-9/h2-5H,1H3. The van der Waals surface area contributed by atoms with E-state index in [-0.39, 0.29) is 0 Å². The summed E-state index contributed by atoms with van der Waals surface area (Å²) in [4.78, 5) is 3.81. The molecule has 12 heavy (non-hydrogen) atoms. The van der Waals surface area contributed by atoms with Crippen LogP contribution < -0.4 is 4.80 Å². The van der Waals surface area contributed by atoms with Gasteiger partial charge >= 0.3 is 4.80 Å². The summed E-state index contributed by atoms with van der Waals surface area (Å²) in [7, 11) is 1.88. The van der Waals surface area contributed by atoms with Gasteiger partial charge in [-0.15, -0.1) is 0 Å². The van der Waals surface area contributed by atoms with Crippen LogP contribution in [0.5, 0.6) is 0 Å². The molecule has 0 aliphatic heterocycles. The molecule has 0 aliphatic rings. The van der Waals surface area contributed by atoms with Crippen molar-refractivity contribution in [3.8, 4) is 0 Å². The number of hydrogen-bond donors (Lipinski definition) is 0. The fourth-order valence-corrected chi connectivity index (χ4v) is 2.11. The predicted molar refractivity (Wildman–Crippen MR) is 47.6 cm³/mol. The topological polar surface area (TPSA) is 41.3 Å². The average molecular weight is 177 g/mol. The summed E-state index contributed by atoms with van der Waals surface area (Å²) in [5, 5.41) is 0. The first kappa shape index (κ1) is 7.28. The van der Waals surface area contributed by atoms with Gasteiger partial charge in [-0.05, 0) is 23.5 Å². The molecular weight excluding hydrogens is 170 g/mol. The summed E-state index contributed by atoms with van der Waals surface area (Å²) in [6.45, 7) is 0. The predicted octanol–water partition coefficient (Wildman–Crippen LogP) is 1.37. The van der Waals surface area contributed by atoms with E-state index in [1.807, 2.05) is 35.9 Å². The van der Waals surface area contributed by atoms with E-state index in [1.165, 1.54) is 11.3 Å². The van der Waals surface area contributed by atoms with Crippen LogP contribution in [0.15, 0.2) is 24.3 Å². The van der Waals surface area contributed by atoms with Gasteiger partial charge in [0.1, 0.15) is 5.52 Å². The Morgan fingerprint density at radius 3 is 2.83 bits per heavy atom. The third-order valence-corrected chi connectivity index (χ3v) is 2.90. The lowest BCUT2D eigenvalue weighted by molar-refractivity contribution is -0.0693. The van der Waals surface area contributed by atoms with E-state index in [0.717, 1.165) is 10.2 Å². The molecule has 2 aromatic rings. The lowest BCUT2D eigenvalue weighted by Crippen LogP contribution is -2.10. The monoisotopic (exact) mass is 177 g/mol. The molecule has 0 saturated carbocycles. The lowest BCUT2D eigenvalue weighted by Gasteiger charge is -1.84. The van der Waals surface area contributed by atoms with Crippen LogP contribution in [0.2, 0.25) is 0 Å². The van der Waals surface area contributed by atoms with Gasteiger partial charge in [-0.1, -0.05) is 12.1 Å². The van der Waals surface area contributed by atoms with Gasteiger partial charge in [0.25, 0.3) is 0 Å². The van der Waals surface area contributed by atoms with Gasteiger partial charge in [-0.3, -0.25) is 4.79 Å². The number of hydrogen-bond acceptors (Lipinski definition) is 1. The van der Waals surface area contributed by atoms with Gasteiger partial charge < -0.3 is 5.53 Å². The molecule has 0 atom stereocenters. The fourth-order valence-electron chi connectivity index (χ4n) is 1.18. The van der Waals surface area contributed by atoms with E-state index in [4.69, 9.17) is 5.53 Å². The maximum absolute atomic E-state index is 8.63. The van der Waals surface area contributed by atoms with E-state index < -0.39 is 0 Å². The van der Waals surface area contributed by atoms with Crippen molar-refractivity contribution in [3.05, 3.63) is 34.6 Å². The zero-order chi connectivity index (χ0) is 8.55. The van der Waals surface area contributed by atoms with Crippen molar-refractivity contribution >= 4 is 21.6 Å². The molecular formula is C8H7N3S. The van der Waals surface area contributed by atoms with Gasteiger partial charge in [-0.2, -0.15) is 0 Å². The van der Waals surface area contributed by atoms with E-state index in [2.05, 4.69) is 4.79 Å². The third-order valence-electron chi connectivity index (χ3n) is 1.80. The molecule has 2 rings (SSSR count). The van der Waals surface area contributed by atoms with Crippen LogP contribution in [-0.4, -0.2) is 9.36 Å². The van der Waals surface area contributed by atoms with Gasteiger partial charge in [0, 0.05) is 0 Å². The molecule has 0 saturated heterocycles. The number of thiazole rings is 1. The van der Waals surface area contributed by atoms with Gasteiger partial charge in [0.15, 0.2) is 0 Å². The summed E-state index contributed by atoms with van der Waals surface area (Å²) in [6.07, 6.45) is 0. The van der Waals surface area contributed by atoms with Crippen molar-refractivity contribution in [3.63, 3.8) is 0 Å². The average Bonchev–Trinajstić information content (AvgIpc) is 2.44. The Balaban J connectivity index is 3.08. The Kier molecular flexibility index (Phi) is 1.57. The highest BCUT2D eigenvalue weighted by molar-refractivity contribution is 7.16. The summed E-state index contributed by atoms with van der Waals surface area (Å²) in [5.41, 5.74) is 9.73. The smallest absolute Gasteiger partial charge is 0.420 e. The largest absolute Gasteiger partial charge is 0.496 e. The highest BCUT2D eigenvalue weighted by atomic mass is 32.1. The zero-order valence-corrected chi connectivity index (χ0v) is 7.38. The van der Waals surface area contributed by atoms with Crippen LogP contribution >= 0.6 is 11.3 Å². The van der Waals surface area contributed by atoms with Crippen molar-refractivity contribution in [2.24, 2.45) is 7.05 Å². The second kappa shape index (κ2) is 2.59. The van der Waals surface area contributed by atoms with Crippen molar-refractivity contribution in [1.29, 1.82) is 0 Å². The number of rotatable bonds is 0. The second-order valence-corrected chi connectivity index (χ2v) is 3.52. The van der Waals surface area contributed by atoms with E-state index in [0.29, 0.717) is 4.80 Å². The SMILES string of the molecule is Cn1c(=[N+]=[N-])sc2ccccc21. The Labute approximate surface area is 73.1 Å². The Morgan fingerprint density at radius 2 is 2.17 bits per heavy atom. The Hall–Kier alpha value is -1.38. The minimum absolute atomic E-state index is 0.621. The molecule has 3 nitrogen and oxygen atoms in total. The molecule has 0 radical (unpaired) electrons. The summed E-state index contributed by atoms with van der Waals surface area (Å²) in [6, 6.07) is 7.95. The summed E-state index contributed by atoms with van der Waals surface area (Å²) in [5.74, 6) is 0. The van der Waals surface area contributed by atoms with Crippen LogP contribution in [0.3, 0.4) is 0 Å². The molecule has 0 amide bonds. The van der Waals surface area contributed by atoms with Crippen molar-refractivity contribution in [2.45, 2.75) is 0 Å². The minimum Gasteiger partial charge on any atom is -0.496 e. The molecule has 1 aromatic heterocycles. The molecule has 1 aromatic carbocycles. The van der Waals surface area contributed by atoms with Crippen LogP contribution in [-0.2, 0) is 7.05 Å². The Morgan fingerprint density at radius 1 is 1.42 bits per heavy atom. The summed E-state index contributed by atoms with van der Waals surface area (Å²) < 4.78 is 2.99. The van der Waals surface area contributed by atoms with Gasteiger partial charge in [0.2, 0.25) is 0 Å². The van der Waals surface area contributed by atoms with Crippen LogP contribution in [0, 0.1) is 0 Å². The van der Waals surface area contributed by atoms with Crippen LogP contribution in [0.25, 0.3) is 15.7 Å². The number of benzene rings is 1. The Bertz CT molecular complexity index is 502. The van der Waals surface area contributed by atoms with Crippen molar-refractivity contribution in [2.75, 3.05) is 0 Å². The molecule has 0 bridgehead atoms. The first-order valence-electron chi connectivity index (χ1n) is 3.55. The van der Waals surface area contributed by atoms with Gasteiger partial charge in [0.05, 0.1) is 11.7 Å². The van der Waals surface area contributed by atoms with Crippen molar-refractivity contribution < 1.29 is 4.79 Å². The minimum atomic E-state index is 0.621. The molecule has 0 spiro atoms. The first-order valence-corrected chi connectivity index (χ1v) is 4.37. The number of aromatic nitrogens is 1. The molecule has 60 valence electrons. The normalized spacial score (nSPS) is 10.1.